The summed E-state index contributed by atoms with van der Waals surface area (Å²) in [6, 6.07) is 0. The van der Waals surface area contributed by atoms with Gasteiger partial charge in [-0.1, -0.05) is 32.6 Å². The summed E-state index contributed by atoms with van der Waals surface area (Å²) in [6.45, 7) is 3.39. The Morgan fingerprint density at radius 3 is 2.71 bits per heavy atom. The highest BCUT2D eigenvalue weighted by atomic mass is 16.5. The molecule has 0 heterocycles. The Kier molecular flexibility index (Phi) is 6.20. The highest BCUT2D eigenvalue weighted by Crippen LogP contribution is 2.28. The number of aliphatic hydroxyl groups is 1. The number of hydrogen-bond acceptors (Lipinski definition) is 2. The molecule has 2 heteroatoms. The highest BCUT2D eigenvalue weighted by Gasteiger charge is 2.16. The Morgan fingerprint density at radius 2 is 2.07 bits per heavy atom. The van der Waals surface area contributed by atoms with Gasteiger partial charge in [0.25, 0.3) is 0 Å². The highest BCUT2D eigenvalue weighted by molar-refractivity contribution is 4.69. The maximum absolute atomic E-state index is 9.61. The molecular formula is C12H24O2. The number of ether oxygens (including phenoxy) is 1. The molecule has 84 valence electrons. The van der Waals surface area contributed by atoms with Crippen molar-refractivity contribution in [1.82, 2.24) is 0 Å². The Hall–Kier alpha value is -0.0800. The van der Waals surface area contributed by atoms with Crippen molar-refractivity contribution in [3.8, 4) is 0 Å². The van der Waals surface area contributed by atoms with Gasteiger partial charge in [-0.15, -0.1) is 0 Å². The Labute approximate surface area is 87.7 Å². The van der Waals surface area contributed by atoms with E-state index in [9.17, 15) is 5.11 Å². The van der Waals surface area contributed by atoms with Crippen LogP contribution in [-0.4, -0.2) is 24.4 Å². The zero-order valence-electron chi connectivity index (χ0n) is 9.37. The molecule has 0 radical (unpaired) electrons. The van der Waals surface area contributed by atoms with Crippen LogP contribution in [0.5, 0.6) is 0 Å². The fourth-order valence-electron chi connectivity index (χ4n) is 2.17. The van der Waals surface area contributed by atoms with Gasteiger partial charge in [0.15, 0.2) is 0 Å². The summed E-state index contributed by atoms with van der Waals surface area (Å²) >= 11 is 0. The molecule has 1 fully saturated rings. The minimum Gasteiger partial charge on any atom is -0.391 e. The third-order valence-corrected chi connectivity index (χ3v) is 3.04. The summed E-state index contributed by atoms with van der Waals surface area (Å²) in [5.41, 5.74) is 0. The van der Waals surface area contributed by atoms with E-state index in [0.717, 1.165) is 25.4 Å². The SMILES string of the molecule is CCCOCC(O)CCC1CCCC1. The third-order valence-electron chi connectivity index (χ3n) is 3.04. The quantitative estimate of drug-likeness (QED) is 0.640. The van der Waals surface area contributed by atoms with Gasteiger partial charge in [0.05, 0.1) is 12.7 Å². The van der Waals surface area contributed by atoms with Crippen molar-refractivity contribution in [2.45, 2.75) is 58.0 Å². The molecule has 1 N–H and O–H groups in total. The van der Waals surface area contributed by atoms with Crippen LogP contribution in [0.4, 0.5) is 0 Å². The fourth-order valence-corrected chi connectivity index (χ4v) is 2.17. The van der Waals surface area contributed by atoms with E-state index in [1.165, 1.54) is 32.1 Å². The maximum Gasteiger partial charge on any atom is 0.0773 e. The van der Waals surface area contributed by atoms with E-state index in [0.29, 0.717) is 6.61 Å². The van der Waals surface area contributed by atoms with Gasteiger partial charge in [0, 0.05) is 6.61 Å². The number of rotatable bonds is 7. The van der Waals surface area contributed by atoms with Crippen molar-refractivity contribution >= 4 is 0 Å². The van der Waals surface area contributed by atoms with E-state index in [2.05, 4.69) is 6.92 Å². The standard InChI is InChI=1S/C12H24O2/c1-2-9-14-10-12(13)8-7-11-5-3-4-6-11/h11-13H,2-10H2,1H3. The monoisotopic (exact) mass is 200 g/mol. The van der Waals surface area contributed by atoms with Gasteiger partial charge in [0.1, 0.15) is 0 Å². The van der Waals surface area contributed by atoms with E-state index in [1.54, 1.807) is 0 Å². The summed E-state index contributed by atoms with van der Waals surface area (Å²) < 4.78 is 5.31. The first-order valence-electron chi connectivity index (χ1n) is 6.08. The van der Waals surface area contributed by atoms with E-state index in [-0.39, 0.29) is 6.10 Å². The first kappa shape index (κ1) is 12.0. The third kappa shape index (κ3) is 4.97. The van der Waals surface area contributed by atoms with E-state index in [4.69, 9.17) is 4.74 Å². The zero-order valence-corrected chi connectivity index (χ0v) is 9.37. The van der Waals surface area contributed by atoms with Crippen molar-refractivity contribution in [3.63, 3.8) is 0 Å². The first-order valence-corrected chi connectivity index (χ1v) is 6.08. The summed E-state index contributed by atoms with van der Waals surface area (Å²) in [4.78, 5) is 0. The lowest BCUT2D eigenvalue weighted by Gasteiger charge is -2.13. The van der Waals surface area contributed by atoms with Crippen LogP contribution in [0.1, 0.15) is 51.9 Å². The lowest BCUT2D eigenvalue weighted by molar-refractivity contribution is 0.0297. The van der Waals surface area contributed by atoms with Gasteiger partial charge in [0.2, 0.25) is 0 Å². The summed E-state index contributed by atoms with van der Waals surface area (Å²) in [6.07, 6.45) is 8.47. The van der Waals surface area contributed by atoms with Crippen molar-refractivity contribution in [3.05, 3.63) is 0 Å². The molecule has 2 nitrogen and oxygen atoms in total. The van der Waals surface area contributed by atoms with Crippen LogP contribution in [0.25, 0.3) is 0 Å². The van der Waals surface area contributed by atoms with Gasteiger partial charge in [-0.2, -0.15) is 0 Å². The average molecular weight is 200 g/mol. The second-order valence-electron chi connectivity index (χ2n) is 4.46. The zero-order chi connectivity index (χ0) is 10.2. The largest absolute Gasteiger partial charge is 0.391 e. The van der Waals surface area contributed by atoms with E-state index >= 15 is 0 Å². The molecule has 1 unspecified atom stereocenters. The minimum absolute atomic E-state index is 0.234. The fraction of sp³-hybridized carbons (Fsp3) is 1.00. The van der Waals surface area contributed by atoms with Gasteiger partial charge in [-0.25, -0.2) is 0 Å². The van der Waals surface area contributed by atoms with Crippen molar-refractivity contribution in [2.75, 3.05) is 13.2 Å². The predicted molar refractivity (Wildman–Crippen MR) is 58.3 cm³/mol. The molecule has 1 saturated carbocycles. The van der Waals surface area contributed by atoms with Gasteiger partial charge in [-0.05, 0) is 25.2 Å². The molecule has 1 atom stereocenters. The lowest BCUT2D eigenvalue weighted by atomic mass is 10.00. The number of aliphatic hydroxyl groups excluding tert-OH is 1. The molecule has 0 aromatic heterocycles. The summed E-state index contributed by atoms with van der Waals surface area (Å²) in [5.74, 6) is 0.885. The van der Waals surface area contributed by atoms with Crippen LogP contribution in [0.2, 0.25) is 0 Å². The molecule has 0 aromatic rings. The second-order valence-corrected chi connectivity index (χ2v) is 4.46. The molecule has 0 saturated heterocycles. The van der Waals surface area contributed by atoms with Crippen LogP contribution in [0.15, 0.2) is 0 Å². The molecular weight excluding hydrogens is 176 g/mol. The van der Waals surface area contributed by atoms with Crippen LogP contribution in [-0.2, 0) is 4.74 Å². The van der Waals surface area contributed by atoms with Crippen LogP contribution in [0.3, 0.4) is 0 Å². The van der Waals surface area contributed by atoms with Crippen molar-refractivity contribution in [1.29, 1.82) is 0 Å². The second kappa shape index (κ2) is 7.24. The Morgan fingerprint density at radius 1 is 1.36 bits per heavy atom. The van der Waals surface area contributed by atoms with E-state index < -0.39 is 0 Å². The van der Waals surface area contributed by atoms with Crippen LogP contribution in [0, 0.1) is 5.92 Å². The number of hydrogen-bond donors (Lipinski definition) is 1. The lowest BCUT2D eigenvalue weighted by Crippen LogP contribution is -2.16. The smallest absolute Gasteiger partial charge is 0.0773 e. The average Bonchev–Trinajstić information content (AvgIpc) is 2.68. The molecule has 0 aliphatic heterocycles. The molecule has 1 rings (SSSR count). The molecule has 1 aliphatic rings. The normalized spacial score (nSPS) is 20.1. The van der Waals surface area contributed by atoms with Gasteiger partial charge in [-0.3, -0.25) is 0 Å². The van der Waals surface area contributed by atoms with Crippen molar-refractivity contribution in [2.24, 2.45) is 5.92 Å². The van der Waals surface area contributed by atoms with Gasteiger partial charge < -0.3 is 9.84 Å². The van der Waals surface area contributed by atoms with Gasteiger partial charge >= 0.3 is 0 Å². The Bertz CT molecular complexity index is 130. The predicted octanol–water partition coefficient (Wildman–Crippen LogP) is 2.74. The molecule has 1 aliphatic carbocycles. The topological polar surface area (TPSA) is 29.5 Å². The Balaban J connectivity index is 1.93. The molecule has 0 aromatic carbocycles. The molecule has 0 spiro atoms. The minimum atomic E-state index is -0.234. The van der Waals surface area contributed by atoms with Crippen LogP contribution >= 0.6 is 0 Å². The van der Waals surface area contributed by atoms with Crippen molar-refractivity contribution < 1.29 is 9.84 Å². The summed E-state index contributed by atoms with van der Waals surface area (Å²) in [5, 5.41) is 9.61. The molecule has 0 bridgehead atoms. The maximum atomic E-state index is 9.61. The molecule has 14 heavy (non-hydrogen) atoms. The van der Waals surface area contributed by atoms with E-state index in [1.807, 2.05) is 0 Å². The first-order chi connectivity index (χ1) is 6.83. The summed E-state index contributed by atoms with van der Waals surface area (Å²) in [7, 11) is 0. The van der Waals surface area contributed by atoms with Crippen LogP contribution < -0.4 is 0 Å². The molecule has 0 amide bonds.